The van der Waals surface area contributed by atoms with Gasteiger partial charge < -0.3 is 9.73 Å². The van der Waals surface area contributed by atoms with E-state index in [1.165, 1.54) is 25.0 Å². The van der Waals surface area contributed by atoms with Crippen LogP contribution >= 0.6 is 0 Å². The molecule has 1 aliphatic carbocycles. The van der Waals surface area contributed by atoms with Crippen molar-refractivity contribution in [3.05, 3.63) is 40.3 Å². The molecule has 0 saturated heterocycles. The maximum atomic E-state index is 10.8. The fourth-order valence-electron chi connectivity index (χ4n) is 2.06. The van der Waals surface area contributed by atoms with Crippen LogP contribution in [0, 0.1) is 10.1 Å². The second kappa shape index (κ2) is 6.01. The molecule has 1 heterocycles. The molecule has 0 amide bonds. The maximum absolute atomic E-state index is 10.8. The first-order chi connectivity index (χ1) is 10.2. The number of non-ortho nitro benzene ring substituents is 1. The van der Waals surface area contributed by atoms with Crippen LogP contribution in [-0.2, 0) is 6.42 Å². The van der Waals surface area contributed by atoms with Gasteiger partial charge in [0.25, 0.3) is 5.69 Å². The molecule has 21 heavy (non-hydrogen) atoms. The van der Waals surface area contributed by atoms with Crippen LogP contribution in [0.5, 0.6) is 0 Å². The summed E-state index contributed by atoms with van der Waals surface area (Å²) in [4.78, 5) is 10.3. The van der Waals surface area contributed by atoms with Crippen LogP contribution in [0.25, 0.3) is 11.5 Å². The molecule has 0 atom stereocenters. The number of rotatable bonds is 7. The molecular weight excluding hydrogens is 272 g/mol. The molecule has 0 bridgehead atoms. The molecule has 0 unspecified atom stereocenters. The predicted octanol–water partition coefficient (Wildman–Crippen LogP) is 2.33. The van der Waals surface area contributed by atoms with Crippen molar-refractivity contribution in [3.8, 4) is 11.5 Å². The van der Waals surface area contributed by atoms with E-state index in [1.54, 1.807) is 12.1 Å². The Bertz CT molecular complexity index is 637. The number of nitro groups is 1. The molecule has 1 saturated carbocycles. The van der Waals surface area contributed by atoms with Crippen molar-refractivity contribution in [2.45, 2.75) is 31.7 Å². The van der Waals surface area contributed by atoms with E-state index in [-0.39, 0.29) is 5.69 Å². The Hall–Kier alpha value is -2.28. The fourth-order valence-corrected chi connectivity index (χ4v) is 2.06. The van der Waals surface area contributed by atoms with Gasteiger partial charge in [0, 0.05) is 30.2 Å². The van der Waals surface area contributed by atoms with Gasteiger partial charge in [-0.05, 0) is 31.9 Å². The van der Waals surface area contributed by atoms with Gasteiger partial charge in [0.05, 0.1) is 4.92 Å². The lowest BCUT2D eigenvalue weighted by molar-refractivity contribution is -0.384. The zero-order chi connectivity index (χ0) is 14.7. The molecular formula is C14H16N4O3. The lowest BCUT2D eigenvalue weighted by Crippen LogP contribution is -2.17. The van der Waals surface area contributed by atoms with Gasteiger partial charge in [0.15, 0.2) is 0 Å². The van der Waals surface area contributed by atoms with E-state index < -0.39 is 4.92 Å². The van der Waals surface area contributed by atoms with Crippen LogP contribution in [0.3, 0.4) is 0 Å². The van der Waals surface area contributed by atoms with E-state index in [0.717, 1.165) is 13.0 Å². The molecule has 1 aliphatic rings. The smallest absolute Gasteiger partial charge is 0.270 e. The highest BCUT2D eigenvalue weighted by Gasteiger charge is 2.19. The van der Waals surface area contributed by atoms with Crippen molar-refractivity contribution in [3.63, 3.8) is 0 Å². The summed E-state index contributed by atoms with van der Waals surface area (Å²) in [5.41, 5.74) is 0.583. The van der Waals surface area contributed by atoms with Crippen molar-refractivity contribution in [2.75, 3.05) is 6.54 Å². The van der Waals surface area contributed by atoms with Gasteiger partial charge in [-0.25, -0.2) is 0 Å². The second-order valence-electron chi connectivity index (χ2n) is 5.14. The average molecular weight is 288 g/mol. The number of aryl methyl sites for hydroxylation is 1. The van der Waals surface area contributed by atoms with Gasteiger partial charge in [-0.3, -0.25) is 10.1 Å². The third kappa shape index (κ3) is 3.63. The van der Waals surface area contributed by atoms with Gasteiger partial charge in [0.2, 0.25) is 11.8 Å². The van der Waals surface area contributed by atoms with Crippen LogP contribution in [0.4, 0.5) is 5.69 Å². The van der Waals surface area contributed by atoms with Crippen LogP contribution < -0.4 is 5.32 Å². The first-order valence-electron chi connectivity index (χ1n) is 7.03. The molecule has 1 aromatic heterocycles. The largest absolute Gasteiger partial charge is 0.421 e. The van der Waals surface area contributed by atoms with Crippen LogP contribution in [0.15, 0.2) is 28.7 Å². The van der Waals surface area contributed by atoms with E-state index in [9.17, 15) is 10.1 Å². The summed E-state index contributed by atoms with van der Waals surface area (Å²) in [6.07, 6.45) is 4.20. The van der Waals surface area contributed by atoms with Crippen LogP contribution in [-0.4, -0.2) is 27.7 Å². The minimum atomic E-state index is -0.440. The Morgan fingerprint density at radius 3 is 3.00 bits per heavy atom. The van der Waals surface area contributed by atoms with E-state index in [4.69, 9.17) is 4.42 Å². The molecule has 0 spiro atoms. The lowest BCUT2D eigenvalue weighted by Gasteiger charge is -1.99. The Morgan fingerprint density at radius 2 is 2.24 bits per heavy atom. The SMILES string of the molecule is O=[N+]([O-])c1cccc(-c2nnc(CCCNC3CC3)o2)c1. The van der Waals surface area contributed by atoms with E-state index in [1.807, 2.05) is 0 Å². The number of aromatic nitrogens is 2. The normalized spacial score (nSPS) is 14.3. The quantitative estimate of drug-likeness (QED) is 0.477. The van der Waals surface area contributed by atoms with Crippen molar-refractivity contribution in [1.29, 1.82) is 0 Å². The number of nitrogens with zero attached hydrogens (tertiary/aromatic N) is 3. The summed E-state index contributed by atoms with van der Waals surface area (Å²) in [5.74, 6) is 0.887. The highest BCUT2D eigenvalue weighted by atomic mass is 16.6. The van der Waals surface area contributed by atoms with Gasteiger partial charge in [-0.2, -0.15) is 0 Å². The summed E-state index contributed by atoms with van der Waals surface area (Å²) in [6, 6.07) is 6.90. The lowest BCUT2D eigenvalue weighted by atomic mass is 10.2. The predicted molar refractivity (Wildman–Crippen MR) is 75.7 cm³/mol. The highest BCUT2D eigenvalue weighted by molar-refractivity contribution is 5.57. The van der Waals surface area contributed by atoms with Gasteiger partial charge in [-0.15, -0.1) is 10.2 Å². The third-order valence-electron chi connectivity index (χ3n) is 3.35. The van der Waals surface area contributed by atoms with Crippen LogP contribution in [0.1, 0.15) is 25.2 Å². The molecule has 2 aromatic rings. The van der Waals surface area contributed by atoms with Crippen molar-refractivity contribution >= 4 is 5.69 Å². The first kappa shape index (κ1) is 13.7. The van der Waals surface area contributed by atoms with Gasteiger partial charge in [-0.1, -0.05) is 6.07 Å². The zero-order valence-electron chi connectivity index (χ0n) is 11.5. The third-order valence-corrected chi connectivity index (χ3v) is 3.35. The topological polar surface area (TPSA) is 94.1 Å². The molecule has 3 rings (SSSR count). The molecule has 1 fully saturated rings. The van der Waals surface area contributed by atoms with Gasteiger partial charge in [0.1, 0.15) is 0 Å². The van der Waals surface area contributed by atoms with E-state index in [2.05, 4.69) is 15.5 Å². The summed E-state index contributed by atoms with van der Waals surface area (Å²) >= 11 is 0. The van der Waals surface area contributed by atoms with Gasteiger partial charge >= 0.3 is 0 Å². The summed E-state index contributed by atoms with van der Waals surface area (Å²) in [5, 5.41) is 22.1. The first-order valence-corrected chi connectivity index (χ1v) is 7.03. The number of benzene rings is 1. The van der Waals surface area contributed by atoms with Crippen molar-refractivity contribution in [2.24, 2.45) is 0 Å². The average Bonchev–Trinajstić information content (AvgIpc) is 3.20. The summed E-state index contributed by atoms with van der Waals surface area (Å²) in [6.45, 7) is 0.944. The molecule has 7 heteroatoms. The standard InChI is InChI=1S/C14H16N4O3/c19-18(20)12-4-1-3-10(9-12)14-17-16-13(21-14)5-2-8-15-11-6-7-11/h1,3-4,9,11,15H,2,5-8H2. The highest BCUT2D eigenvalue weighted by Crippen LogP contribution is 2.23. The van der Waals surface area contributed by atoms with E-state index in [0.29, 0.717) is 29.8 Å². The maximum Gasteiger partial charge on any atom is 0.270 e. The monoisotopic (exact) mass is 288 g/mol. The van der Waals surface area contributed by atoms with Crippen LogP contribution in [0.2, 0.25) is 0 Å². The summed E-state index contributed by atoms with van der Waals surface area (Å²) in [7, 11) is 0. The molecule has 110 valence electrons. The number of nitrogens with one attached hydrogen (secondary N) is 1. The molecule has 1 aromatic carbocycles. The zero-order valence-corrected chi connectivity index (χ0v) is 11.5. The Morgan fingerprint density at radius 1 is 1.38 bits per heavy atom. The molecule has 0 radical (unpaired) electrons. The number of hydrogen-bond donors (Lipinski definition) is 1. The van der Waals surface area contributed by atoms with E-state index >= 15 is 0 Å². The minimum absolute atomic E-state index is 0.0147. The van der Waals surface area contributed by atoms with Crippen molar-refractivity contribution in [1.82, 2.24) is 15.5 Å². The molecule has 7 nitrogen and oxygen atoms in total. The van der Waals surface area contributed by atoms with Crippen molar-refractivity contribution < 1.29 is 9.34 Å². The summed E-state index contributed by atoms with van der Waals surface area (Å²) < 4.78 is 5.55. The fraction of sp³-hybridized carbons (Fsp3) is 0.429. The second-order valence-corrected chi connectivity index (χ2v) is 5.14. The Balaban J connectivity index is 1.60. The Labute approximate surface area is 121 Å². The molecule has 0 aliphatic heterocycles. The minimum Gasteiger partial charge on any atom is -0.421 e. The number of nitro benzene ring substituents is 1. The molecule has 1 N–H and O–H groups in total. The Kier molecular flexibility index (Phi) is 3.92. The number of hydrogen-bond acceptors (Lipinski definition) is 6.